The lowest BCUT2D eigenvalue weighted by molar-refractivity contribution is 0.0796. The Morgan fingerprint density at radius 1 is 1.12 bits per heavy atom. The van der Waals surface area contributed by atoms with E-state index < -0.39 is 0 Å². The van der Waals surface area contributed by atoms with E-state index >= 15 is 0 Å². The molecule has 24 heavy (non-hydrogen) atoms. The van der Waals surface area contributed by atoms with E-state index in [0.717, 1.165) is 44.5 Å². The maximum Gasteiger partial charge on any atom is 0.253 e. The summed E-state index contributed by atoms with van der Waals surface area (Å²) in [6, 6.07) is 7.49. The maximum absolute atomic E-state index is 12.3. The first kappa shape index (κ1) is 20.6. The number of carbonyl (C=O) groups is 1. The predicted molar refractivity (Wildman–Crippen MR) is 98.0 cm³/mol. The Balaban J connectivity index is 2.11. The molecule has 0 heterocycles. The van der Waals surface area contributed by atoms with Crippen LogP contribution < -0.4 is 16.4 Å². The predicted octanol–water partition coefficient (Wildman–Crippen LogP) is 0.559. The van der Waals surface area contributed by atoms with Crippen molar-refractivity contribution in [1.29, 1.82) is 0 Å². The summed E-state index contributed by atoms with van der Waals surface area (Å²) in [6.45, 7) is 4.72. The second kappa shape index (κ2) is 12.9. The molecule has 1 aromatic rings. The van der Waals surface area contributed by atoms with E-state index in [1.54, 1.807) is 4.90 Å². The van der Waals surface area contributed by atoms with E-state index in [0.29, 0.717) is 25.2 Å². The van der Waals surface area contributed by atoms with Gasteiger partial charge in [-0.2, -0.15) is 0 Å². The van der Waals surface area contributed by atoms with Crippen molar-refractivity contribution in [3.63, 3.8) is 0 Å². The highest BCUT2D eigenvalue weighted by atomic mass is 16.3. The Labute approximate surface area is 145 Å². The van der Waals surface area contributed by atoms with Crippen molar-refractivity contribution < 1.29 is 9.90 Å². The van der Waals surface area contributed by atoms with Crippen LogP contribution in [0, 0.1) is 0 Å². The zero-order valence-electron chi connectivity index (χ0n) is 14.8. The number of unbranched alkanes of at least 4 members (excludes halogenated alkanes) is 2. The van der Waals surface area contributed by atoms with Crippen LogP contribution in [0.4, 0.5) is 0 Å². The molecular formula is C18H32N4O2. The third kappa shape index (κ3) is 8.40. The molecule has 5 N–H and O–H groups in total. The molecule has 136 valence electrons. The number of likely N-dealkylation sites (N-methyl/N-ethyl adjacent to an activating group) is 1. The number of benzene rings is 1. The third-order valence-corrected chi connectivity index (χ3v) is 3.88. The molecule has 0 bridgehead atoms. The van der Waals surface area contributed by atoms with Crippen LogP contribution in [0.3, 0.4) is 0 Å². The lowest BCUT2D eigenvalue weighted by atomic mass is 10.1. The van der Waals surface area contributed by atoms with E-state index in [-0.39, 0.29) is 12.5 Å². The second-order valence-electron chi connectivity index (χ2n) is 5.92. The van der Waals surface area contributed by atoms with Crippen LogP contribution in [0.15, 0.2) is 24.3 Å². The van der Waals surface area contributed by atoms with Crippen molar-refractivity contribution in [3.05, 3.63) is 35.4 Å². The summed E-state index contributed by atoms with van der Waals surface area (Å²) in [6.07, 6.45) is 3.40. The lowest BCUT2D eigenvalue weighted by Crippen LogP contribution is -2.34. The van der Waals surface area contributed by atoms with Crippen LogP contribution in [0.2, 0.25) is 0 Å². The van der Waals surface area contributed by atoms with E-state index in [1.807, 2.05) is 31.3 Å². The molecule has 0 saturated carbocycles. The van der Waals surface area contributed by atoms with Crippen LogP contribution >= 0.6 is 0 Å². The smallest absolute Gasteiger partial charge is 0.253 e. The molecule has 0 aliphatic rings. The summed E-state index contributed by atoms with van der Waals surface area (Å²) in [7, 11) is 1.83. The van der Waals surface area contributed by atoms with Gasteiger partial charge in [0.25, 0.3) is 5.91 Å². The minimum atomic E-state index is 0.0297. The first-order chi connectivity index (χ1) is 11.7. The van der Waals surface area contributed by atoms with Crippen molar-refractivity contribution in [2.24, 2.45) is 5.73 Å². The molecule has 0 spiro atoms. The quantitative estimate of drug-likeness (QED) is 0.395. The summed E-state index contributed by atoms with van der Waals surface area (Å²) in [4.78, 5) is 14.1. The molecule has 1 rings (SSSR count). The Morgan fingerprint density at radius 2 is 1.83 bits per heavy atom. The fourth-order valence-electron chi connectivity index (χ4n) is 2.41. The van der Waals surface area contributed by atoms with Gasteiger partial charge in [0.2, 0.25) is 0 Å². The Morgan fingerprint density at radius 3 is 2.50 bits per heavy atom. The van der Waals surface area contributed by atoms with Gasteiger partial charge >= 0.3 is 0 Å². The van der Waals surface area contributed by atoms with Gasteiger partial charge < -0.3 is 26.4 Å². The van der Waals surface area contributed by atoms with Crippen molar-refractivity contribution in [2.75, 3.05) is 46.4 Å². The number of amides is 1. The zero-order valence-corrected chi connectivity index (χ0v) is 14.8. The van der Waals surface area contributed by atoms with E-state index in [2.05, 4.69) is 10.6 Å². The first-order valence-electron chi connectivity index (χ1n) is 8.75. The van der Waals surface area contributed by atoms with Crippen molar-refractivity contribution >= 4 is 5.91 Å². The summed E-state index contributed by atoms with van der Waals surface area (Å²) in [5, 5.41) is 15.2. The van der Waals surface area contributed by atoms with Gasteiger partial charge in [-0.15, -0.1) is 0 Å². The average molecular weight is 336 g/mol. The van der Waals surface area contributed by atoms with Crippen LogP contribution in [-0.2, 0) is 6.54 Å². The second-order valence-corrected chi connectivity index (χ2v) is 5.92. The molecule has 1 amide bonds. The molecule has 1 aromatic carbocycles. The molecule has 0 unspecified atom stereocenters. The number of carbonyl (C=O) groups excluding carboxylic acids is 1. The van der Waals surface area contributed by atoms with E-state index in [4.69, 9.17) is 10.8 Å². The number of hydrogen-bond donors (Lipinski definition) is 4. The van der Waals surface area contributed by atoms with Gasteiger partial charge in [0, 0.05) is 38.8 Å². The van der Waals surface area contributed by atoms with Crippen LogP contribution in [0.25, 0.3) is 0 Å². The van der Waals surface area contributed by atoms with Crippen LogP contribution in [0.5, 0.6) is 0 Å². The highest BCUT2D eigenvalue weighted by Gasteiger charge is 2.11. The largest absolute Gasteiger partial charge is 0.395 e. The van der Waals surface area contributed by atoms with Gasteiger partial charge in [0.15, 0.2) is 0 Å². The van der Waals surface area contributed by atoms with Crippen molar-refractivity contribution in [2.45, 2.75) is 25.8 Å². The minimum absolute atomic E-state index is 0.0297. The lowest BCUT2D eigenvalue weighted by Gasteiger charge is -2.18. The third-order valence-electron chi connectivity index (χ3n) is 3.88. The Hall–Kier alpha value is -1.47. The number of hydrogen-bond acceptors (Lipinski definition) is 5. The molecule has 0 fully saturated rings. The molecule has 0 radical (unpaired) electrons. The molecule has 0 aromatic heterocycles. The zero-order chi connectivity index (χ0) is 17.6. The highest BCUT2D eigenvalue weighted by Crippen LogP contribution is 2.07. The normalized spacial score (nSPS) is 10.8. The molecule has 0 atom stereocenters. The molecule has 6 nitrogen and oxygen atoms in total. The average Bonchev–Trinajstić information content (AvgIpc) is 2.62. The van der Waals surface area contributed by atoms with Gasteiger partial charge in [0.1, 0.15) is 0 Å². The summed E-state index contributed by atoms with van der Waals surface area (Å²) in [5.74, 6) is 0.0297. The van der Waals surface area contributed by atoms with E-state index in [9.17, 15) is 4.79 Å². The SMILES string of the molecule is CN(CCNCCCCCNCCO)C(=O)c1cccc(CN)c1. The summed E-state index contributed by atoms with van der Waals surface area (Å²) < 4.78 is 0. The van der Waals surface area contributed by atoms with E-state index in [1.165, 1.54) is 0 Å². The molecule has 0 aliphatic heterocycles. The molecule has 0 saturated heterocycles. The molecule has 6 heteroatoms. The summed E-state index contributed by atoms with van der Waals surface area (Å²) in [5.41, 5.74) is 7.28. The number of rotatable bonds is 13. The topological polar surface area (TPSA) is 90.6 Å². The number of aliphatic hydroxyl groups excluding tert-OH is 1. The molecular weight excluding hydrogens is 304 g/mol. The Bertz CT molecular complexity index is 468. The van der Waals surface area contributed by atoms with Gasteiger partial charge in [-0.1, -0.05) is 18.6 Å². The highest BCUT2D eigenvalue weighted by molar-refractivity contribution is 5.94. The van der Waals surface area contributed by atoms with Crippen molar-refractivity contribution in [1.82, 2.24) is 15.5 Å². The summed E-state index contributed by atoms with van der Waals surface area (Å²) >= 11 is 0. The van der Waals surface area contributed by atoms with Gasteiger partial charge in [0.05, 0.1) is 6.61 Å². The fourth-order valence-corrected chi connectivity index (χ4v) is 2.41. The first-order valence-corrected chi connectivity index (χ1v) is 8.75. The fraction of sp³-hybridized carbons (Fsp3) is 0.611. The number of nitrogens with zero attached hydrogens (tertiary/aromatic N) is 1. The number of aliphatic hydroxyl groups is 1. The maximum atomic E-state index is 12.3. The Kier molecular flexibility index (Phi) is 11.1. The van der Waals surface area contributed by atoms with Gasteiger partial charge in [-0.3, -0.25) is 4.79 Å². The van der Waals surface area contributed by atoms with Crippen LogP contribution in [0.1, 0.15) is 35.2 Å². The van der Waals surface area contributed by atoms with Gasteiger partial charge in [-0.25, -0.2) is 0 Å². The number of nitrogens with two attached hydrogens (primary N) is 1. The molecule has 0 aliphatic carbocycles. The van der Waals surface area contributed by atoms with Gasteiger partial charge in [-0.05, 0) is 43.6 Å². The van der Waals surface area contributed by atoms with Crippen LogP contribution in [-0.4, -0.2) is 62.3 Å². The minimum Gasteiger partial charge on any atom is -0.395 e. The monoisotopic (exact) mass is 336 g/mol. The standard InChI is InChI=1S/C18H32N4O2/c1-22(18(24)17-7-5-6-16(14-17)15-19)12-10-20-8-3-2-4-9-21-11-13-23/h5-7,14,20-21,23H,2-4,8-13,15,19H2,1H3. The van der Waals surface area contributed by atoms with Crippen molar-refractivity contribution in [3.8, 4) is 0 Å². The number of nitrogens with one attached hydrogen (secondary N) is 2.